The maximum Gasteiger partial charge on any atom is 0.362 e. The van der Waals surface area contributed by atoms with E-state index in [1.807, 2.05) is 21.1 Å². The minimum Gasteiger partial charge on any atom is -0.477 e. The number of rotatable bonds is 48. The van der Waals surface area contributed by atoms with Crippen LogP contribution in [0.4, 0.5) is 0 Å². The number of carboxylic acids is 1. The van der Waals surface area contributed by atoms with Crippen LogP contribution in [-0.2, 0) is 28.6 Å². The quantitative estimate of drug-likeness (QED) is 0.0281. The predicted molar refractivity (Wildman–Crippen MR) is 266 cm³/mol. The Morgan fingerprint density at radius 2 is 0.889 bits per heavy atom. The van der Waals surface area contributed by atoms with Gasteiger partial charge < -0.3 is 23.8 Å². The van der Waals surface area contributed by atoms with Crippen LogP contribution in [0.3, 0.4) is 0 Å². The highest BCUT2D eigenvalue weighted by Gasteiger charge is 2.31. The standard InChI is InChI=1S/C55H101NO7/c1-6-8-10-12-14-16-18-20-22-23-24-25-26-27-28-29-30-32-33-35-37-39-41-43-45-53(57)62-50-51(49-61-48-47-52(55(59)60)56(3,4)5)63-54(58)46-44-42-40-38-36-34-31-21-19-17-15-13-11-9-7-2/h9,11,15,17,21,31,51-52H,6-8,10,12-14,16,18-20,22-30,32-50H2,1-5H3/p+1/b11-9-,17-15-,31-21-. The molecular weight excluding hydrogens is 787 g/mol. The number of hydrogen-bond acceptors (Lipinski definition) is 6. The highest BCUT2D eigenvalue weighted by molar-refractivity contribution is 5.72. The first-order valence-electron chi connectivity index (χ1n) is 26.5. The summed E-state index contributed by atoms with van der Waals surface area (Å²) in [5.74, 6) is -1.48. The molecule has 0 aromatic carbocycles. The van der Waals surface area contributed by atoms with Crippen molar-refractivity contribution in [1.29, 1.82) is 0 Å². The number of carboxylic acid groups (broad SMARTS) is 1. The molecule has 0 aromatic heterocycles. The van der Waals surface area contributed by atoms with Crippen molar-refractivity contribution in [1.82, 2.24) is 0 Å². The van der Waals surface area contributed by atoms with Crippen LogP contribution in [0.1, 0.15) is 245 Å². The number of quaternary nitrogens is 1. The Hall–Kier alpha value is -2.45. The largest absolute Gasteiger partial charge is 0.477 e. The molecule has 0 aliphatic heterocycles. The fourth-order valence-electron chi connectivity index (χ4n) is 7.99. The Labute approximate surface area is 389 Å². The fourth-order valence-corrected chi connectivity index (χ4v) is 7.99. The van der Waals surface area contributed by atoms with Gasteiger partial charge in [-0.1, -0.05) is 217 Å². The van der Waals surface area contributed by atoms with E-state index in [1.165, 1.54) is 135 Å². The normalized spacial score (nSPS) is 13.1. The highest BCUT2D eigenvalue weighted by Crippen LogP contribution is 2.17. The fraction of sp³-hybridized carbons (Fsp3) is 0.836. The van der Waals surface area contributed by atoms with Crippen LogP contribution in [0.5, 0.6) is 0 Å². The summed E-state index contributed by atoms with van der Waals surface area (Å²) in [6.07, 6.45) is 54.9. The Morgan fingerprint density at radius 3 is 1.32 bits per heavy atom. The molecule has 368 valence electrons. The van der Waals surface area contributed by atoms with Gasteiger partial charge in [0.2, 0.25) is 0 Å². The van der Waals surface area contributed by atoms with Gasteiger partial charge in [-0.15, -0.1) is 0 Å². The van der Waals surface area contributed by atoms with Gasteiger partial charge in [-0.25, -0.2) is 4.79 Å². The summed E-state index contributed by atoms with van der Waals surface area (Å²) in [7, 11) is 5.53. The van der Waals surface area contributed by atoms with Crippen molar-refractivity contribution in [2.45, 2.75) is 257 Å². The monoisotopic (exact) mass is 889 g/mol. The molecule has 0 rings (SSSR count). The smallest absolute Gasteiger partial charge is 0.362 e. The lowest BCUT2D eigenvalue weighted by atomic mass is 10.0. The average Bonchev–Trinajstić information content (AvgIpc) is 3.24. The summed E-state index contributed by atoms with van der Waals surface area (Å²) in [5.41, 5.74) is 0. The lowest BCUT2D eigenvalue weighted by Gasteiger charge is -2.31. The molecule has 0 radical (unpaired) electrons. The Balaban J connectivity index is 4.14. The Morgan fingerprint density at radius 1 is 0.492 bits per heavy atom. The minimum atomic E-state index is -0.876. The third-order valence-electron chi connectivity index (χ3n) is 12.1. The number of likely N-dealkylation sites (N-methyl/N-ethyl adjacent to an activating group) is 1. The molecule has 2 unspecified atom stereocenters. The van der Waals surface area contributed by atoms with Gasteiger partial charge in [0, 0.05) is 19.3 Å². The summed E-state index contributed by atoms with van der Waals surface area (Å²) in [6.45, 7) is 4.64. The Bertz CT molecular complexity index is 1130. The average molecular weight is 889 g/mol. The second-order valence-electron chi connectivity index (χ2n) is 19.1. The van der Waals surface area contributed by atoms with Gasteiger partial charge in [-0.2, -0.15) is 0 Å². The summed E-state index contributed by atoms with van der Waals surface area (Å²) in [4.78, 5) is 37.1. The lowest BCUT2D eigenvalue weighted by Crippen LogP contribution is -2.50. The number of aliphatic carboxylic acids is 1. The van der Waals surface area contributed by atoms with Crippen molar-refractivity contribution in [2.24, 2.45) is 0 Å². The van der Waals surface area contributed by atoms with Crippen molar-refractivity contribution in [2.75, 3.05) is 41.0 Å². The maximum atomic E-state index is 12.8. The van der Waals surface area contributed by atoms with E-state index in [0.29, 0.717) is 19.3 Å². The van der Waals surface area contributed by atoms with Crippen molar-refractivity contribution >= 4 is 17.9 Å². The number of nitrogens with zero attached hydrogens (tertiary/aromatic N) is 1. The number of hydrogen-bond donors (Lipinski definition) is 1. The van der Waals surface area contributed by atoms with Crippen LogP contribution in [0.25, 0.3) is 0 Å². The predicted octanol–water partition coefficient (Wildman–Crippen LogP) is 15.4. The van der Waals surface area contributed by atoms with Crippen LogP contribution in [-0.4, -0.2) is 80.6 Å². The van der Waals surface area contributed by atoms with E-state index in [2.05, 4.69) is 50.3 Å². The van der Waals surface area contributed by atoms with Gasteiger partial charge in [0.25, 0.3) is 0 Å². The SMILES string of the molecule is CC/C=C\C/C=C\C/C=C\CCCCCCCC(=O)OC(COCCC(C(=O)O)[N+](C)(C)C)COC(=O)CCCCCCCCCCCCCCCCCCCCCCCCCC. The molecular formula is C55H102NO7+. The van der Waals surface area contributed by atoms with Gasteiger partial charge in [-0.05, 0) is 44.9 Å². The third kappa shape index (κ3) is 44.5. The molecule has 0 heterocycles. The van der Waals surface area contributed by atoms with Gasteiger partial charge in [0.05, 0.1) is 34.4 Å². The van der Waals surface area contributed by atoms with Crippen LogP contribution in [0.2, 0.25) is 0 Å². The van der Waals surface area contributed by atoms with E-state index in [1.54, 1.807) is 0 Å². The van der Waals surface area contributed by atoms with Gasteiger partial charge in [0.1, 0.15) is 6.61 Å². The van der Waals surface area contributed by atoms with Crippen LogP contribution in [0.15, 0.2) is 36.5 Å². The molecule has 0 saturated heterocycles. The van der Waals surface area contributed by atoms with Crippen LogP contribution < -0.4 is 0 Å². The number of ether oxygens (including phenoxy) is 3. The molecule has 0 amide bonds. The first-order chi connectivity index (χ1) is 30.6. The Kier molecular flexibility index (Phi) is 44.3. The molecule has 0 bridgehead atoms. The maximum absolute atomic E-state index is 12.8. The first kappa shape index (κ1) is 60.5. The van der Waals surface area contributed by atoms with Crippen LogP contribution in [0, 0.1) is 0 Å². The molecule has 2 atom stereocenters. The van der Waals surface area contributed by atoms with E-state index < -0.39 is 18.1 Å². The topological polar surface area (TPSA) is 99.1 Å². The summed E-state index contributed by atoms with van der Waals surface area (Å²) < 4.78 is 17.3. The molecule has 1 N–H and O–H groups in total. The summed E-state index contributed by atoms with van der Waals surface area (Å²) >= 11 is 0. The molecule has 0 aromatic rings. The number of unbranched alkanes of at least 4 members (excludes halogenated alkanes) is 28. The molecule has 0 aliphatic carbocycles. The second kappa shape index (κ2) is 46.1. The number of allylic oxidation sites excluding steroid dienone is 6. The lowest BCUT2D eigenvalue weighted by molar-refractivity contribution is -0.887. The number of carbonyl (C=O) groups is 3. The molecule has 8 nitrogen and oxygen atoms in total. The zero-order valence-electron chi connectivity index (χ0n) is 42.0. The van der Waals surface area contributed by atoms with Gasteiger partial charge in [-0.3, -0.25) is 9.59 Å². The first-order valence-corrected chi connectivity index (χ1v) is 26.5. The summed E-state index contributed by atoms with van der Waals surface area (Å²) in [5, 5.41) is 9.65. The van der Waals surface area contributed by atoms with E-state index in [9.17, 15) is 19.5 Å². The second-order valence-corrected chi connectivity index (χ2v) is 19.1. The number of carbonyl (C=O) groups excluding carboxylic acids is 2. The molecule has 0 fully saturated rings. The minimum absolute atomic E-state index is 0.0547. The van der Waals surface area contributed by atoms with Crippen molar-refractivity contribution in [3.05, 3.63) is 36.5 Å². The van der Waals surface area contributed by atoms with E-state index in [-0.39, 0.29) is 36.2 Å². The van der Waals surface area contributed by atoms with Gasteiger partial charge >= 0.3 is 17.9 Å². The molecule has 63 heavy (non-hydrogen) atoms. The van der Waals surface area contributed by atoms with Crippen molar-refractivity contribution in [3.8, 4) is 0 Å². The zero-order valence-corrected chi connectivity index (χ0v) is 42.0. The summed E-state index contributed by atoms with van der Waals surface area (Å²) in [6, 6.07) is -0.617. The van der Waals surface area contributed by atoms with E-state index in [4.69, 9.17) is 14.2 Å². The third-order valence-corrected chi connectivity index (χ3v) is 12.1. The van der Waals surface area contributed by atoms with E-state index >= 15 is 0 Å². The zero-order chi connectivity index (χ0) is 46.3. The van der Waals surface area contributed by atoms with Crippen LogP contribution >= 0.6 is 0 Å². The van der Waals surface area contributed by atoms with Crippen molar-refractivity contribution in [3.63, 3.8) is 0 Å². The molecule has 0 spiro atoms. The highest BCUT2D eigenvalue weighted by atomic mass is 16.6. The van der Waals surface area contributed by atoms with E-state index in [0.717, 1.165) is 77.0 Å². The van der Waals surface area contributed by atoms with Crippen molar-refractivity contribution < 1.29 is 38.2 Å². The van der Waals surface area contributed by atoms with Gasteiger partial charge in [0.15, 0.2) is 12.1 Å². The molecule has 0 saturated carbocycles. The molecule has 0 aliphatic rings. The number of esters is 2. The molecule has 8 heteroatoms.